The molecule has 0 spiro atoms. The molecule has 2 N–H and O–H groups in total. The lowest BCUT2D eigenvalue weighted by Crippen LogP contribution is -2.38. The first-order valence-corrected chi connectivity index (χ1v) is 7.45. The van der Waals surface area contributed by atoms with Gasteiger partial charge in [-0.25, -0.2) is 0 Å². The predicted octanol–water partition coefficient (Wildman–Crippen LogP) is 2.59. The number of rotatable bonds is 8. The first-order valence-electron chi connectivity index (χ1n) is 7.45. The van der Waals surface area contributed by atoms with Gasteiger partial charge in [0.15, 0.2) is 5.96 Å². The SMILES string of the molecule is CCCN=C(NCC)NCCCc1ccc(OC)cc1. The molecule has 0 aliphatic rings. The van der Waals surface area contributed by atoms with Gasteiger partial charge in [-0.2, -0.15) is 0 Å². The van der Waals surface area contributed by atoms with Gasteiger partial charge in [0.25, 0.3) is 0 Å². The molecule has 1 rings (SSSR count). The molecule has 0 amide bonds. The molecular formula is C16H27N3O. The third-order valence-electron chi connectivity index (χ3n) is 2.93. The van der Waals surface area contributed by atoms with Crippen LogP contribution in [0.4, 0.5) is 0 Å². The number of benzene rings is 1. The van der Waals surface area contributed by atoms with Crippen LogP contribution in [0, 0.1) is 0 Å². The lowest BCUT2D eigenvalue weighted by Gasteiger charge is -2.11. The van der Waals surface area contributed by atoms with Crippen molar-refractivity contribution >= 4 is 5.96 Å². The number of guanidine groups is 1. The minimum absolute atomic E-state index is 0.869. The van der Waals surface area contributed by atoms with Gasteiger partial charge in [0.05, 0.1) is 7.11 Å². The zero-order valence-electron chi connectivity index (χ0n) is 12.9. The number of hydrogen-bond donors (Lipinski definition) is 2. The molecule has 0 bridgehead atoms. The molecule has 0 radical (unpaired) electrons. The van der Waals surface area contributed by atoms with Crippen LogP contribution in [-0.2, 0) is 6.42 Å². The van der Waals surface area contributed by atoms with Gasteiger partial charge >= 0.3 is 0 Å². The van der Waals surface area contributed by atoms with E-state index in [0.717, 1.165) is 50.6 Å². The fourth-order valence-corrected chi connectivity index (χ4v) is 1.86. The molecule has 0 aromatic heterocycles. The minimum atomic E-state index is 0.869. The third-order valence-corrected chi connectivity index (χ3v) is 2.93. The Kier molecular flexibility index (Phi) is 8.27. The van der Waals surface area contributed by atoms with Crippen LogP contribution in [0.15, 0.2) is 29.3 Å². The molecule has 4 heteroatoms. The van der Waals surface area contributed by atoms with Crippen molar-refractivity contribution in [3.05, 3.63) is 29.8 Å². The molecule has 0 heterocycles. The Labute approximate surface area is 122 Å². The maximum Gasteiger partial charge on any atom is 0.191 e. The van der Waals surface area contributed by atoms with E-state index in [4.69, 9.17) is 4.74 Å². The van der Waals surface area contributed by atoms with Crippen LogP contribution in [-0.4, -0.2) is 32.7 Å². The molecule has 4 nitrogen and oxygen atoms in total. The van der Waals surface area contributed by atoms with Gasteiger partial charge in [-0.15, -0.1) is 0 Å². The number of nitrogens with zero attached hydrogens (tertiary/aromatic N) is 1. The lowest BCUT2D eigenvalue weighted by molar-refractivity contribution is 0.414. The van der Waals surface area contributed by atoms with Gasteiger partial charge in [0, 0.05) is 19.6 Å². The largest absolute Gasteiger partial charge is 0.497 e. The summed E-state index contributed by atoms with van der Waals surface area (Å²) < 4.78 is 5.15. The van der Waals surface area contributed by atoms with Crippen molar-refractivity contribution in [1.82, 2.24) is 10.6 Å². The summed E-state index contributed by atoms with van der Waals surface area (Å²) in [6, 6.07) is 8.26. The normalized spacial score (nSPS) is 11.2. The summed E-state index contributed by atoms with van der Waals surface area (Å²) in [5.41, 5.74) is 1.34. The molecule has 112 valence electrons. The highest BCUT2D eigenvalue weighted by atomic mass is 16.5. The monoisotopic (exact) mass is 277 g/mol. The van der Waals surface area contributed by atoms with Gasteiger partial charge in [0.1, 0.15) is 5.75 Å². The van der Waals surface area contributed by atoms with Crippen LogP contribution in [0.5, 0.6) is 5.75 Å². The molecule has 1 aromatic rings. The summed E-state index contributed by atoms with van der Waals surface area (Å²) in [5, 5.41) is 6.62. The van der Waals surface area contributed by atoms with E-state index in [9.17, 15) is 0 Å². The highest BCUT2D eigenvalue weighted by Crippen LogP contribution is 2.12. The predicted molar refractivity (Wildman–Crippen MR) is 85.6 cm³/mol. The second-order valence-electron chi connectivity index (χ2n) is 4.64. The molecule has 0 aliphatic carbocycles. The van der Waals surface area contributed by atoms with Crippen LogP contribution in [0.25, 0.3) is 0 Å². The maximum absolute atomic E-state index is 5.15. The van der Waals surface area contributed by atoms with Gasteiger partial charge in [0.2, 0.25) is 0 Å². The molecule has 0 saturated carbocycles. The van der Waals surface area contributed by atoms with Crippen LogP contribution >= 0.6 is 0 Å². The first kappa shape index (κ1) is 16.3. The number of hydrogen-bond acceptors (Lipinski definition) is 2. The highest BCUT2D eigenvalue weighted by molar-refractivity contribution is 5.79. The Balaban J connectivity index is 2.28. The Morgan fingerprint density at radius 3 is 2.50 bits per heavy atom. The average Bonchev–Trinajstić information content (AvgIpc) is 2.49. The summed E-state index contributed by atoms with van der Waals surface area (Å²) in [5.74, 6) is 1.83. The fraction of sp³-hybridized carbons (Fsp3) is 0.562. The summed E-state index contributed by atoms with van der Waals surface area (Å²) in [7, 11) is 1.69. The van der Waals surface area contributed by atoms with Crippen molar-refractivity contribution in [2.45, 2.75) is 33.1 Å². The van der Waals surface area contributed by atoms with Crippen molar-refractivity contribution in [1.29, 1.82) is 0 Å². The number of aryl methyl sites for hydroxylation is 1. The smallest absolute Gasteiger partial charge is 0.191 e. The molecule has 20 heavy (non-hydrogen) atoms. The number of methoxy groups -OCH3 is 1. The van der Waals surface area contributed by atoms with E-state index in [-0.39, 0.29) is 0 Å². The second-order valence-corrected chi connectivity index (χ2v) is 4.64. The quantitative estimate of drug-likeness (QED) is 0.436. The van der Waals surface area contributed by atoms with E-state index in [1.54, 1.807) is 7.11 Å². The number of nitrogens with one attached hydrogen (secondary N) is 2. The van der Waals surface area contributed by atoms with Crippen molar-refractivity contribution in [3.8, 4) is 5.75 Å². The molecule has 1 aromatic carbocycles. The fourth-order valence-electron chi connectivity index (χ4n) is 1.86. The van der Waals surface area contributed by atoms with Gasteiger partial charge < -0.3 is 15.4 Å². The Bertz CT molecular complexity index is 387. The standard InChI is InChI=1S/C16H27N3O/c1-4-12-18-16(17-5-2)19-13-6-7-14-8-10-15(20-3)11-9-14/h8-11H,4-7,12-13H2,1-3H3,(H2,17,18,19). The summed E-state index contributed by atoms with van der Waals surface area (Å²) in [6.07, 6.45) is 3.22. The van der Waals surface area contributed by atoms with Gasteiger partial charge in [-0.05, 0) is 43.9 Å². The van der Waals surface area contributed by atoms with Crippen molar-refractivity contribution < 1.29 is 4.74 Å². The maximum atomic E-state index is 5.15. The molecule has 0 unspecified atom stereocenters. The Morgan fingerprint density at radius 2 is 1.90 bits per heavy atom. The van der Waals surface area contributed by atoms with E-state index in [1.165, 1.54) is 5.56 Å². The van der Waals surface area contributed by atoms with Crippen molar-refractivity contribution in [2.24, 2.45) is 4.99 Å². The van der Waals surface area contributed by atoms with E-state index in [0.29, 0.717) is 0 Å². The van der Waals surface area contributed by atoms with E-state index in [1.807, 2.05) is 12.1 Å². The molecular weight excluding hydrogens is 250 g/mol. The van der Waals surface area contributed by atoms with Gasteiger partial charge in [-0.3, -0.25) is 4.99 Å². The van der Waals surface area contributed by atoms with Crippen LogP contribution < -0.4 is 15.4 Å². The van der Waals surface area contributed by atoms with Crippen molar-refractivity contribution in [3.63, 3.8) is 0 Å². The molecule has 0 atom stereocenters. The van der Waals surface area contributed by atoms with Crippen LogP contribution in [0.2, 0.25) is 0 Å². The average molecular weight is 277 g/mol. The molecule has 0 aliphatic heterocycles. The summed E-state index contributed by atoms with van der Waals surface area (Å²) in [4.78, 5) is 4.48. The van der Waals surface area contributed by atoms with E-state index < -0.39 is 0 Å². The third kappa shape index (κ3) is 6.45. The topological polar surface area (TPSA) is 45.7 Å². The Morgan fingerprint density at radius 1 is 1.15 bits per heavy atom. The zero-order valence-corrected chi connectivity index (χ0v) is 12.9. The summed E-state index contributed by atoms with van der Waals surface area (Å²) >= 11 is 0. The van der Waals surface area contributed by atoms with E-state index in [2.05, 4.69) is 41.6 Å². The molecule has 0 fully saturated rings. The Hall–Kier alpha value is -1.71. The van der Waals surface area contributed by atoms with E-state index >= 15 is 0 Å². The van der Waals surface area contributed by atoms with Crippen molar-refractivity contribution in [2.75, 3.05) is 26.7 Å². The number of aliphatic imine (C=N–C) groups is 1. The first-order chi connectivity index (χ1) is 9.80. The summed E-state index contributed by atoms with van der Waals surface area (Å²) in [6.45, 7) is 6.92. The second kappa shape index (κ2) is 10.1. The lowest BCUT2D eigenvalue weighted by atomic mass is 10.1. The van der Waals surface area contributed by atoms with Crippen LogP contribution in [0.3, 0.4) is 0 Å². The highest BCUT2D eigenvalue weighted by Gasteiger charge is 1.97. The van der Waals surface area contributed by atoms with Gasteiger partial charge in [-0.1, -0.05) is 19.1 Å². The minimum Gasteiger partial charge on any atom is -0.497 e. The molecule has 0 saturated heterocycles. The van der Waals surface area contributed by atoms with Crippen LogP contribution in [0.1, 0.15) is 32.3 Å². The zero-order chi connectivity index (χ0) is 14.6. The number of ether oxygens (including phenoxy) is 1.